The third-order valence-corrected chi connectivity index (χ3v) is 11.1. The van der Waals surface area contributed by atoms with Crippen LogP contribution in [0, 0.1) is 0 Å². The summed E-state index contributed by atoms with van der Waals surface area (Å²) in [6.45, 7) is 0.422. The van der Waals surface area contributed by atoms with E-state index >= 15 is 0 Å². The molecule has 1 atom stereocenters. The molecule has 0 aliphatic heterocycles. The van der Waals surface area contributed by atoms with E-state index in [-0.39, 0.29) is 11.6 Å². The minimum absolute atomic E-state index is 0.0485. The third-order valence-electron chi connectivity index (χ3n) is 8.53. The number of rotatable bonds is 14. The van der Waals surface area contributed by atoms with E-state index in [1.807, 2.05) is 133 Å². The number of aromatic nitrogens is 1. The molecule has 0 fully saturated rings. The topological polar surface area (TPSA) is 109 Å². The maximum absolute atomic E-state index is 13.9. The van der Waals surface area contributed by atoms with Crippen LogP contribution in [0.25, 0.3) is 17.3 Å². The Bertz CT molecular complexity index is 2480. The molecule has 8 nitrogen and oxygen atoms in total. The molecule has 1 heterocycles. The van der Waals surface area contributed by atoms with E-state index in [0.29, 0.717) is 34.3 Å². The van der Waals surface area contributed by atoms with Crippen molar-refractivity contribution in [1.29, 1.82) is 0 Å². The summed E-state index contributed by atoms with van der Waals surface area (Å²) in [4.78, 5) is 46.5. The van der Waals surface area contributed by atoms with E-state index in [1.165, 1.54) is 23.1 Å². The smallest absolute Gasteiger partial charge is 0.272 e. The summed E-state index contributed by atoms with van der Waals surface area (Å²) < 4.78 is 6.90. The zero-order valence-electron chi connectivity index (χ0n) is 30.3. The zero-order valence-corrected chi connectivity index (χ0v) is 33.5. The maximum atomic E-state index is 13.9. The summed E-state index contributed by atoms with van der Waals surface area (Å²) in [5.41, 5.74) is 5.21. The third kappa shape index (κ3) is 10.9. The molecule has 0 saturated heterocycles. The lowest BCUT2D eigenvalue weighted by Crippen LogP contribution is -2.30. The number of nitrogens with zero attached hydrogens (tertiary/aromatic N) is 1. The van der Waals surface area contributed by atoms with Crippen molar-refractivity contribution in [3.8, 4) is 17.0 Å². The first-order valence-corrected chi connectivity index (χ1v) is 20.4. The van der Waals surface area contributed by atoms with Gasteiger partial charge in [-0.05, 0) is 77.4 Å². The van der Waals surface area contributed by atoms with Crippen LogP contribution in [0.5, 0.6) is 5.75 Å². The molecule has 0 bridgehead atoms. The van der Waals surface area contributed by atoms with Gasteiger partial charge in [-0.15, -0.1) is 23.1 Å². The number of hydrogen-bond donors (Lipinski definition) is 3. The molecular weight excluding hydrogens is 817 g/mol. The van der Waals surface area contributed by atoms with Crippen molar-refractivity contribution < 1.29 is 19.1 Å². The van der Waals surface area contributed by atoms with E-state index in [1.54, 1.807) is 42.5 Å². The van der Waals surface area contributed by atoms with Crippen molar-refractivity contribution in [3.63, 3.8) is 0 Å². The lowest BCUT2D eigenvalue weighted by Gasteiger charge is -2.17. The molecule has 57 heavy (non-hydrogen) atoms. The normalized spacial score (nSPS) is 11.6. The predicted molar refractivity (Wildman–Crippen MR) is 233 cm³/mol. The summed E-state index contributed by atoms with van der Waals surface area (Å²) in [6, 6.07) is 50.4. The van der Waals surface area contributed by atoms with E-state index < -0.39 is 17.1 Å². The number of thiazole rings is 1. The second-order valence-electron chi connectivity index (χ2n) is 12.6. The Morgan fingerprint density at radius 3 is 2.16 bits per heavy atom. The van der Waals surface area contributed by atoms with Gasteiger partial charge in [-0.1, -0.05) is 125 Å². The van der Waals surface area contributed by atoms with Gasteiger partial charge in [0.05, 0.1) is 5.69 Å². The van der Waals surface area contributed by atoms with Crippen LogP contribution < -0.4 is 20.7 Å². The summed E-state index contributed by atoms with van der Waals surface area (Å²) >= 11 is 6.17. The second kappa shape index (κ2) is 19.1. The van der Waals surface area contributed by atoms with Crippen molar-refractivity contribution in [2.45, 2.75) is 16.8 Å². The van der Waals surface area contributed by atoms with Gasteiger partial charge in [-0.25, -0.2) is 4.98 Å². The number of thioether (sulfide) groups is 1. The van der Waals surface area contributed by atoms with Crippen molar-refractivity contribution in [2.24, 2.45) is 0 Å². The SMILES string of the molecule is O=C(Nc1cccc(SC(C(=O)Nc2nc(-c3ccc(Br)cc3)cs2)c2ccccc2)c1)/C(=C/c1ccc(OCc2ccccc2)cc1)NC(=O)c1ccccc1. The van der Waals surface area contributed by atoms with Gasteiger partial charge in [-0.3, -0.25) is 14.4 Å². The van der Waals surface area contributed by atoms with Gasteiger partial charge in [0.1, 0.15) is 23.3 Å². The van der Waals surface area contributed by atoms with E-state index in [2.05, 4.69) is 36.9 Å². The Morgan fingerprint density at radius 1 is 0.754 bits per heavy atom. The van der Waals surface area contributed by atoms with Crippen LogP contribution in [-0.2, 0) is 16.2 Å². The molecule has 282 valence electrons. The molecule has 6 aromatic carbocycles. The standard InChI is InChI=1S/C46H35BrN4O4S2/c47-36-23-21-33(22-24-36)41-30-56-46(50-41)51-45(54)42(34-13-6-2-7-14-34)57-39-18-10-17-37(28-39)48-44(53)40(49-43(52)35-15-8-3-9-16-35)27-31-19-25-38(26-20-31)55-29-32-11-4-1-5-12-32/h1-28,30,42H,29H2,(H,48,53)(H,49,52)(H,50,51,54)/b40-27-. The molecule has 3 N–H and O–H groups in total. The molecule has 7 aromatic rings. The molecule has 3 amide bonds. The van der Waals surface area contributed by atoms with Gasteiger partial charge >= 0.3 is 0 Å². The van der Waals surface area contributed by atoms with Crippen LogP contribution in [0.1, 0.15) is 32.3 Å². The summed E-state index contributed by atoms with van der Waals surface area (Å²) in [5, 5.41) is 10.5. The average molecular weight is 852 g/mol. The number of carbonyl (C=O) groups excluding carboxylic acids is 3. The Hall–Kier alpha value is -6.27. The first-order valence-electron chi connectivity index (χ1n) is 17.9. The Morgan fingerprint density at radius 2 is 1.44 bits per heavy atom. The highest BCUT2D eigenvalue weighted by Crippen LogP contribution is 2.38. The van der Waals surface area contributed by atoms with Crippen LogP contribution in [0.4, 0.5) is 10.8 Å². The van der Waals surface area contributed by atoms with E-state index in [9.17, 15) is 14.4 Å². The highest BCUT2D eigenvalue weighted by Gasteiger charge is 2.24. The zero-order chi connectivity index (χ0) is 39.4. The fourth-order valence-corrected chi connectivity index (χ4v) is 7.72. The number of ether oxygens (including phenoxy) is 1. The number of anilines is 2. The molecule has 7 rings (SSSR count). The molecule has 11 heteroatoms. The minimum atomic E-state index is -0.627. The number of halogens is 1. The van der Waals surface area contributed by atoms with Crippen LogP contribution in [0.2, 0.25) is 0 Å². The second-order valence-corrected chi connectivity index (χ2v) is 15.6. The van der Waals surface area contributed by atoms with Gasteiger partial charge in [-0.2, -0.15) is 0 Å². The van der Waals surface area contributed by atoms with Crippen molar-refractivity contribution in [2.75, 3.05) is 10.6 Å². The minimum Gasteiger partial charge on any atom is -0.489 e. The number of hydrogen-bond acceptors (Lipinski definition) is 7. The summed E-state index contributed by atoms with van der Waals surface area (Å²) in [6.07, 6.45) is 1.62. The Kier molecular flexibility index (Phi) is 13.0. The maximum Gasteiger partial charge on any atom is 0.272 e. The molecule has 0 aliphatic rings. The monoisotopic (exact) mass is 850 g/mol. The lowest BCUT2D eigenvalue weighted by molar-refractivity contribution is -0.116. The number of benzene rings is 6. The predicted octanol–water partition coefficient (Wildman–Crippen LogP) is 11.0. The molecule has 0 aliphatic carbocycles. The van der Waals surface area contributed by atoms with Crippen LogP contribution in [0.3, 0.4) is 0 Å². The molecule has 1 unspecified atom stereocenters. The quantitative estimate of drug-likeness (QED) is 0.0743. The summed E-state index contributed by atoms with van der Waals surface area (Å²) in [7, 11) is 0. The number of carbonyl (C=O) groups is 3. The molecule has 0 saturated carbocycles. The lowest BCUT2D eigenvalue weighted by atomic mass is 10.1. The first-order chi connectivity index (χ1) is 27.9. The van der Waals surface area contributed by atoms with Gasteiger partial charge < -0.3 is 20.7 Å². The van der Waals surface area contributed by atoms with Crippen molar-refractivity contribution in [3.05, 3.63) is 202 Å². The van der Waals surface area contributed by atoms with E-state index in [4.69, 9.17) is 4.74 Å². The average Bonchev–Trinajstić information content (AvgIpc) is 3.72. The molecule has 0 spiro atoms. The fourth-order valence-electron chi connectivity index (χ4n) is 5.65. The summed E-state index contributed by atoms with van der Waals surface area (Å²) in [5.74, 6) is -0.509. The Labute approximate surface area is 347 Å². The molecule has 1 aromatic heterocycles. The van der Waals surface area contributed by atoms with Crippen molar-refractivity contribution >= 4 is 73.6 Å². The number of amides is 3. The van der Waals surface area contributed by atoms with Gasteiger partial charge in [0, 0.05) is 31.6 Å². The van der Waals surface area contributed by atoms with Gasteiger partial charge in [0.25, 0.3) is 11.8 Å². The highest BCUT2D eigenvalue weighted by molar-refractivity contribution is 9.10. The Balaban J connectivity index is 1.08. The van der Waals surface area contributed by atoms with Crippen LogP contribution in [-0.4, -0.2) is 22.7 Å². The fraction of sp³-hybridized carbons (Fsp3) is 0.0435. The van der Waals surface area contributed by atoms with E-state index in [0.717, 1.165) is 31.8 Å². The molecular formula is C46H35BrN4O4S2. The van der Waals surface area contributed by atoms with Crippen LogP contribution >= 0.6 is 39.0 Å². The van der Waals surface area contributed by atoms with Gasteiger partial charge in [0.15, 0.2) is 5.13 Å². The molecule has 0 radical (unpaired) electrons. The number of nitrogens with one attached hydrogen (secondary N) is 3. The van der Waals surface area contributed by atoms with Crippen LogP contribution in [0.15, 0.2) is 184 Å². The first kappa shape index (κ1) is 39.0. The largest absolute Gasteiger partial charge is 0.489 e. The van der Waals surface area contributed by atoms with Crippen molar-refractivity contribution in [1.82, 2.24) is 10.3 Å². The van der Waals surface area contributed by atoms with Gasteiger partial charge in [0.2, 0.25) is 5.91 Å². The highest BCUT2D eigenvalue weighted by atomic mass is 79.9.